The summed E-state index contributed by atoms with van der Waals surface area (Å²) in [4.78, 5) is 44.7. The zero-order valence-corrected chi connectivity index (χ0v) is 19.1. The van der Waals surface area contributed by atoms with Crippen molar-refractivity contribution in [3.05, 3.63) is 87.2 Å². The molecule has 2 aromatic carbocycles. The molecule has 0 saturated heterocycles. The first-order valence-electron chi connectivity index (χ1n) is 10.1. The Labute approximate surface area is 193 Å². The average Bonchev–Trinajstić information content (AvgIpc) is 3.18. The Hall–Kier alpha value is -4.11. The number of hydrogen-bond donors (Lipinski definition) is 2. The minimum absolute atomic E-state index is 0.0802. The lowest BCUT2D eigenvalue weighted by Gasteiger charge is -2.13. The maximum absolute atomic E-state index is 13.3. The molecule has 8 nitrogen and oxygen atoms in total. The van der Waals surface area contributed by atoms with E-state index in [0.29, 0.717) is 27.4 Å². The molecule has 2 amide bonds. The molecule has 4 rings (SSSR count). The number of nitrogens with one attached hydrogen (secondary N) is 2. The Morgan fingerprint density at radius 2 is 1.58 bits per heavy atom. The molecule has 0 atom stereocenters. The standard InChI is InChI=1S/C24H21N5O3S/c1-14-20(23(32)29(2)3)33-24(25-14)26-21(30)18-17(15-10-6-4-7-11-15)19(27-28-22(18)31)16-12-8-5-9-13-16/h4-13H,1-3H3,(H,28,31)(H,25,26,30). The Morgan fingerprint density at radius 3 is 2.18 bits per heavy atom. The number of thiazole rings is 1. The summed E-state index contributed by atoms with van der Waals surface area (Å²) in [6.45, 7) is 1.70. The van der Waals surface area contributed by atoms with Crippen molar-refractivity contribution >= 4 is 28.3 Å². The predicted octanol–water partition coefficient (Wildman–Crippen LogP) is 3.82. The molecule has 33 heavy (non-hydrogen) atoms. The quantitative estimate of drug-likeness (QED) is 0.472. The van der Waals surface area contributed by atoms with Crippen LogP contribution in [0, 0.1) is 6.92 Å². The highest BCUT2D eigenvalue weighted by Gasteiger charge is 2.25. The van der Waals surface area contributed by atoms with E-state index in [4.69, 9.17) is 0 Å². The van der Waals surface area contributed by atoms with Gasteiger partial charge in [-0.05, 0) is 12.5 Å². The van der Waals surface area contributed by atoms with Crippen LogP contribution in [0.15, 0.2) is 65.5 Å². The molecule has 0 aliphatic heterocycles. The number of hydrogen-bond acceptors (Lipinski definition) is 6. The summed E-state index contributed by atoms with van der Waals surface area (Å²) in [6.07, 6.45) is 0. The fraction of sp³-hybridized carbons (Fsp3) is 0.125. The van der Waals surface area contributed by atoms with Gasteiger partial charge in [-0.2, -0.15) is 5.10 Å². The fourth-order valence-corrected chi connectivity index (χ4v) is 4.35. The number of nitrogens with zero attached hydrogens (tertiary/aromatic N) is 3. The van der Waals surface area contributed by atoms with Crippen LogP contribution in [-0.4, -0.2) is 46.0 Å². The van der Waals surface area contributed by atoms with Gasteiger partial charge in [-0.3, -0.25) is 19.7 Å². The molecule has 4 aromatic rings. The number of anilines is 1. The molecule has 0 aliphatic carbocycles. The van der Waals surface area contributed by atoms with E-state index in [1.807, 2.05) is 60.7 Å². The van der Waals surface area contributed by atoms with E-state index in [9.17, 15) is 14.4 Å². The van der Waals surface area contributed by atoms with Crippen LogP contribution in [0.25, 0.3) is 22.4 Å². The van der Waals surface area contributed by atoms with Gasteiger partial charge < -0.3 is 4.90 Å². The number of carbonyl (C=O) groups is 2. The minimum Gasteiger partial charge on any atom is -0.344 e. The van der Waals surface area contributed by atoms with Crippen molar-refractivity contribution in [2.75, 3.05) is 19.4 Å². The summed E-state index contributed by atoms with van der Waals surface area (Å²) in [7, 11) is 3.29. The van der Waals surface area contributed by atoms with Crippen LogP contribution in [0.4, 0.5) is 5.13 Å². The Morgan fingerprint density at radius 1 is 0.970 bits per heavy atom. The highest BCUT2D eigenvalue weighted by atomic mass is 32.1. The van der Waals surface area contributed by atoms with Crippen LogP contribution >= 0.6 is 11.3 Å². The summed E-state index contributed by atoms with van der Waals surface area (Å²) in [5.74, 6) is -0.837. The maximum atomic E-state index is 13.3. The molecular formula is C24H21N5O3S. The Bertz CT molecular complexity index is 1380. The van der Waals surface area contributed by atoms with Crippen molar-refractivity contribution < 1.29 is 9.59 Å². The van der Waals surface area contributed by atoms with E-state index in [-0.39, 0.29) is 16.6 Å². The topological polar surface area (TPSA) is 108 Å². The minimum atomic E-state index is -0.632. The number of aromatic nitrogens is 3. The lowest BCUT2D eigenvalue weighted by atomic mass is 9.95. The molecule has 0 bridgehead atoms. The molecule has 0 fully saturated rings. The zero-order valence-electron chi connectivity index (χ0n) is 18.2. The first kappa shape index (κ1) is 22.1. The van der Waals surface area contributed by atoms with E-state index in [0.717, 1.165) is 16.9 Å². The van der Waals surface area contributed by atoms with Gasteiger partial charge in [-0.25, -0.2) is 10.1 Å². The van der Waals surface area contributed by atoms with Gasteiger partial charge in [-0.1, -0.05) is 72.0 Å². The number of aryl methyl sites for hydroxylation is 1. The van der Waals surface area contributed by atoms with Gasteiger partial charge >= 0.3 is 0 Å². The van der Waals surface area contributed by atoms with Crippen LogP contribution in [-0.2, 0) is 0 Å². The van der Waals surface area contributed by atoms with Crippen molar-refractivity contribution in [1.82, 2.24) is 20.1 Å². The monoisotopic (exact) mass is 459 g/mol. The molecule has 2 N–H and O–H groups in total. The molecule has 9 heteroatoms. The molecule has 0 unspecified atom stereocenters. The number of amides is 2. The number of benzene rings is 2. The molecule has 2 heterocycles. The number of H-pyrrole nitrogens is 1. The van der Waals surface area contributed by atoms with Crippen LogP contribution in [0.5, 0.6) is 0 Å². The third kappa shape index (κ3) is 4.44. The average molecular weight is 460 g/mol. The van der Waals surface area contributed by atoms with Gasteiger partial charge in [-0.15, -0.1) is 0 Å². The third-order valence-electron chi connectivity index (χ3n) is 4.94. The van der Waals surface area contributed by atoms with Crippen molar-refractivity contribution in [1.29, 1.82) is 0 Å². The fourth-order valence-electron chi connectivity index (χ4n) is 3.37. The molecule has 0 saturated carbocycles. The lowest BCUT2D eigenvalue weighted by Crippen LogP contribution is -2.26. The van der Waals surface area contributed by atoms with Crippen molar-refractivity contribution in [3.63, 3.8) is 0 Å². The van der Waals surface area contributed by atoms with Gasteiger partial charge in [0.2, 0.25) is 0 Å². The van der Waals surface area contributed by atoms with Crippen molar-refractivity contribution in [3.8, 4) is 22.4 Å². The number of aromatic amines is 1. The van der Waals surface area contributed by atoms with E-state index >= 15 is 0 Å². The van der Waals surface area contributed by atoms with E-state index in [1.54, 1.807) is 21.0 Å². The summed E-state index contributed by atoms with van der Waals surface area (Å²) >= 11 is 1.06. The van der Waals surface area contributed by atoms with E-state index in [1.165, 1.54) is 4.90 Å². The van der Waals surface area contributed by atoms with Crippen molar-refractivity contribution in [2.24, 2.45) is 0 Å². The zero-order chi connectivity index (χ0) is 23.5. The number of carbonyl (C=O) groups excluding carboxylic acids is 2. The second-order valence-electron chi connectivity index (χ2n) is 7.47. The molecule has 0 aliphatic rings. The van der Waals surface area contributed by atoms with E-state index in [2.05, 4.69) is 20.5 Å². The van der Waals surface area contributed by atoms with E-state index < -0.39 is 11.5 Å². The summed E-state index contributed by atoms with van der Waals surface area (Å²) in [5, 5.41) is 9.63. The van der Waals surface area contributed by atoms with Crippen LogP contribution in [0.2, 0.25) is 0 Å². The van der Waals surface area contributed by atoms with Crippen LogP contribution < -0.4 is 10.9 Å². The van der Waals surface area contributed by atoms with Gasteiger partial charge in [0.15, 0.2) is 5.13 Å². The van der Waals surface area contributed by atoms with Gasteiger partial charge in [0, 0.05) is 25.2 Å². The summed E-state index contributed by atoms with van der Waals surface area (Å²) < 4.78 is 0. The first-order chi connectivity index (χ1) is 15.9. The Kier molecular flexibility index (Phi) is 6.14. The number of rotatable bonds is 5. The second kappa shape index (κ2) is 9.17. The maximum Gasteiger partial charge on any atom is 0.277 e. The normalized spacial score (nSPS) is 10.6. The smallest absolute Gasteiger partial charge is 0.277 e. The third-order valence-corrected chi connectivity index (χ3v) is 6.00. The van der Waals surface area contributed by atoms with Crippen LogP contribution in [0.1, 0.15) is 25.7 Å². The molecular weight excluding hydrogens is 438 g/mol. The highest BCUT2D eigenvalue weighted by molar-refractivity contribution is 7.17. The van der Waals surface area contributed by atoms with Gasteiger partial charge in [0.25, 0.3) is 17.4 Å². The molecule has 166 valence electrons. The predicted molar refractivity (Wildman–Crippen MR) is 129 cm³/mol. The molecule has 0 radical (unpaired) electrons. The lowest BCUT2D eigenvalue weighted by molar-refractivity contribution is 0.0831. The van der Waals surface area contributed by atoms with Crippen LogP contribution in [0.3, 0.4) is 0 Å². The largest absolute Gasteiger partial charge is 0.344 e. The summed E-state index contributed by atoms with van der Waals surface area (Å²) in [5.41, 5.74) is 2.13. The van der Waals surface area contributed by atoms with Crippen molar-refractivity contribution in [2.45, 2.75) is 6.92 Å². The summed E-state index contributed by atoms with van der Waals surface area (Å²) in [6, 6.07) is 18.5. The first-order valence-corrected chi connectivity index (χ1v) is 10.9. The Balaban J connectivity index is 1.83. The molecule has 2 aromatic heterocycles. The highest BCUT2D eigenvalue weighted by Crippen LogP contribution is 2.32. The van der Waals surface area contributed by atoms with Gasteiger partial charge in [0.05, 0.1) is 11.4 Å². The SMILES string of the molecule is Cc1nc(NC(=O)c2c(-c3ccccc3)c(-c3ccccc3)n[nH]c2=O)sc1C(=O)N(C)C. The second-order valence-corrected chi connectivity index (χ2v) is 8.47. The molecule has 0 spiro atoms. The van der Waals surface area contributed by atoms with Gasteiger partial charge in [0.1, 0.15) is 10.4 Å².